The number of primary amides is 1. The lowest BCUT2D eigenvalue weighted by molar-refractivity contribution is -0.118. The van der Waals surface area contributed by atoms with Gasteiger partial charge in [-0.15, -0.1) is 15.7 Å². The molecule has 2 amide bonds. The monoisotopic (exact) mass is 459 g/mol. The molecule has 3 aromatic rings. The number of sulfonamides is 1. The lowest BCUT2D eigenvalue weighted by Gasteiger charge is -2.08. The van der Waals surface area contributed by atoms with E-state index in [1.165, 1.54) is 16.7 Å². The zero-order valence-corrected chi connectivity index (χ0v) is 18.2. The summed E-state index contributed by atoms with van der Waals surface area (Å²) in [5.74, 6) is -0.827. The van der Waals surface area contributed by atoms with Gasteiger partial charge in [-0.3, -0.25) is 9.59 Å². The van der Waals surface area contributed by atoms with Crippen molar-refractivity contribution in [2.24, 2.45) is 10.1 Å². The van der Waals surface area contributed by atoms with Crippen molar-refractivity contribution in [3.63, 3.8) is 0 Å². The van der Waals surface area contributed by atoms with E-state index in [4.69, 9.17) is 5.73 Å². The molecule has 2 aromatic carbocycles. The van der Waals surface area contributed by atoms with E-state index in [2.05, 4.69) is 15.0 Å². The van der Waals surface area contributed by atoms with Gasteiger partial charge in [-0.2, -0.15) is 8.42 Å². The Morgan fingerprint density at radius 1 is 1.06 bits per heavy atom. The minimum Gasteiger partial charge on any atom is -0.376 e. The van der Waals surface area contributed by atoms with Gasteiger partial charge in [0.25, 0.3) is 10.0 Å². The van der Waals surface area contributed by atoms with Gasteiger partial charge in [0.15, 0.2) is 0 Å². The van der Waals surface area contributed by atoms with E-state index >= 15 is 0 Å². The average molecular weight is 460 g/mol. The van der Waals surface area contributed by atoms with Gasteiger partial charge in [0.05, 0.1) is 11.4 Å². The molecule has 1 heterocycles. The topological polar surface area (TPSA) is 136 Å². The number of amides is 2. The van der Waals surface area contributed by atoms with Gasteiger partial charge in [-0.05, 0) is 43.3 Å². The van der Waals surface area contributed by atoms with Gasteiger partial charge in [0.2, 0.25) is 16.6 Å². The number of anilines is 2. The molecule has 1 aromatic heterocycles. The first-order valence-corrected chi connectivity index (χ1v) is 11.5. The van der Waals surface area contributed by atoms with Crippen LogP contribution in [0.4, 0.5) is 11.4 Å². The van der Waals surface area contributed by atoms with E-state index in [1.54, 1.807) is 23.7 Å². The number of aromatic nitrogens is 1. The Labute approximate surface area is 183 Å². The molecule has 0 bridgehead atoms. The molecule has 0 atom stereocenters. The van der Waals surface area contributed by atoms with Crippen molar-refractivity contribution in [2.75, 3.05) is 17.2 Å². The smallest absolute Gasteiger partial charge is 0.285 e. The fourth-order valence-corrected chi connectivity index (χ4v) is 4.54. The molecular weight excluding hydrogens is 438 g/mol. The third-order valence-electron chi connectivity index (χ3n) is 4.12. The van der Waals surface area contributed by atoms with Crippen molar-refractivity contribution >= 4 is 44.5 Å². The number of thiazole rings is 1. The van der Waals surface area contributed by atoms with Crippen LogP contribution in [0.2, 0.25) is 0 Å². The fraction of sp³-hybridized carbons (Fsp3) is 0.150. The number of carbonyl (C=O) groups excluding carboxylic acids is 2. The largest absolute Gasteiger partial charge is 0.376 e. The van der Waals surface area contributed by atoms with Crippen molar-refractivity contribution in [1.29, 1.82) is 0 Å². The molecule has 162 valence electrons. The summed E-state index contributed by atoms with van der Waals surface area (Å²) in [5.41, 5.74) is 7.54. The Balaban J connectivity index is 1.65. The first-order valence-electron chi connectivity index (χ1n) is 9.17. The summed E-state index contributed by atoms with van der Waals surface area (Å²) in [6.45, 7) is 1.82. The van der Waals surface area contributed by atoms with E-state index in [1.807, 2.05) is 31.2 Å². The van der Waals surface area contributed by atoms with Crippen LogP contribution in [-0.4, -0.2) is 31.3 Å². The summed E-state index contributed by atoms with van der Waals surface area (Å²) < 4.78 is 30.3. The van der Waals surface area contributed by atoms with E-state index in [-0.39, 0.29) is 28.7 Å². The molecule has 0 radical (unpaired) electrons. The summed E-state index contributed by atoms with van der Waals surface area (Å²) in [7, 11) is -3.98. The van der Waals surface area contributed by atoms with Crippen molar-refractivity contribution < 1.29 is 18.0 Å². The highest BCUT2D eigenvalue weighted by molar-refractivity contribution is 7.90. The Hall–Kier alpha value is -3.44. The molecule has 0 unspecified atom stereocenters. The lowest BCUT2D eigenvalue weighted by Crippen LogP contribution is -2.25. The summed E-state index contributed by atoms with van der Waals surface area (Å²) in [4.78, 5) is 23.3. The molecule has 0 saturated heterocycles. The second-order valence-corrected chi connectivity index (χ2v) is 9.12. The van der Waals surface area contributed by atoms with Gasteiger partial charge >= 0.3 is 0 Å². The molecule has 4 N–H and O–H groups in total. The van der Waals surface area contributed by atoms with E-state index in [0.717, 1.165) is 16.9 Å². The van der Waals surface area contributed by atoms with Gasteiger partial charge < -0.3 is 20.9 Å². The predicted molar refractivity (Wildman–Crippen MR) is 119 cm³/mol. The Morgan fingerprint density at radius 3 is 2.35 bits per heavy atom. The third kappa shape index (κ3) is 6.27. The Bertz CT molecular complexity index is 1240. The molecule has 0 aliphatic carbocycles. The number of hydrogen-bond acceptors (Lipinski definition) is 6. The number of nitrogens with two attached hydrogens (primary N) is 1. The van der Waals surface area contributed by atoms with Crippen LogP contribution in [0.15, 0.2) is 69.4 Å². The minimum absolute atomic E-state index is 0.0128. The van der Waals surface area contributed by atoms with Gasteiger partial charge in [-0.25, -0.2) is 0 Å². The highest BCUT2D eigenvalue weighted by Gasteiger charge is 2.14. The van der Waals surface area contributed by atoms with E-state index < -0.39 is 15.9 Å². The minimum atomic E-state index is -3.98. The molecule has 0 fully saturated rings. The Morgan fingerprint density at radius 2 is 1.71 bits per heavy atom. The molecular formula is C20H21N5O4S2. The summed E-state index contributed by atoms with van der Waals surface area (Å²) >= 11 is 1.08. The molecule has 31 heavy (non-hydrogen) atoms. The second-order valence-electron chi connectivity index (χ2n) is 6.64. The molecule has 0 aliphatic heterocycles. The summed E-state index contributed by atoms with van der Waals surface area (Å²) in [5, 5.41) is 7.33. The van der Waals surface area contributed by atoms with E-state index in [0.29, 0.717) is 11.4 Å². The standard InChI is InChI=1S/C20H21N5O4S2/c1-14-2-4-16(5-3-14)23-19(27)12-22-15-6-8-17(9-7-15)31(28,29)24-20-25(10-11-30-20)13-18(21)26/h2-11,22H,12-13H2,1H3,(H2,21,26)(H,23,27)/b24-20-. The quantitative estimate of drug-likeness (QED) is 0.471. The number of nitrogens with zero attached hydrogens (tertiary/aromatic N) is 2. The number of aryl methyl sites for hydroxylation is 1. The van der Waals surface area contributed by atoms with Gasteiger partial charge in [0.1, 0.15) is 6.54 Å². The highest BCUT2D eigenvalue weighted by Crippen LogP contribution is 2.16. The molecule has 9 nitrogen and oxygen atoms in total. The van der Waals surface area contributed by atoms with Gasteiger partial charge in [-0.1, -0.05) is 17.7 Å². The van der Waals surface area contributed by atoms with Crippen molar-refractivity contribution in [2.45, 2.75) is 18.4 Å². The number of benzene rings is 2. The lowest BCUT2D eigenvalue weighted by atomic mass is 10.2. The van der Waals surface area contributed by atoms with Crippen molar-refractivity contribution in [3.05, 3.63) is 70.5 Å². The van der Waals surface area contributed by atoms with Crippen LogP contribution in [0.1, 0.15) is 5.56 Å². The van der Waals surface area contributed by atoms with Gasteiger partial charge in [0, 0.05) is 23.0 Å². The number of hydrogen-bond donors (Lipinski definition) is 3. The normalized spacial score (nSPS) is 11.8. The highest BCUT2D eigenvalue weighted by atomic mass is 32.2. The zero-order valence-electron chi connectivity index (χ0n) is 16.6. The predicted octanol–water partition coefficient (Wildman–Crippen LogP) is 1.68. The Kier molecular flexibility index (Phi) is 6.88. The first-order chi connectivity index (χ1) is 14.7. The van der Waals surface area contributed by atoms with Crippen LogP contribution >= 0.6 is 11.3 Å². The van der Waals surface area contributed by atoms with Crippen LogP contribution in [0.25, 0.3) is 0 Å². The SMILES string of the molecule is Cc1ccc(NC(=O)CNc2ccc(S(=O)(=O)/N=c3\sccn3CC(N)=O)cc2)cc1. The zero-order chi connectivity index (χ0) is 22.4. The van der Waals surface area contributed by atoms with Crippen LogP contribution in [0.5, 0.6) is 0 Å². The second kappa shape index (κ2) is 9.58. The van der Waals surface area contributed by atoms with Crippen molar-refractivity contribution in [1.82, 2.24) is 4.57 Å². The van der Waals surface area contributed by atoms with Crippen LogP contribution < -0.4 is 21.2 Å². The summed E-state index contributed by atoms with van der Waals surface area (Å²) in [6.07, 6.45) is 1.54. The molecule has 3 rings (SSSR count). The van der Waals surface area contributed by atoms with Crippen LogP contribution in [0, 0.1) is 6.92 Å². The molecule has 0 saturated carbocycles. The van der Waals surface area contributed by atoms with Crippen molar-refractivity contribution in [3.8, 4) is 0 Å². The average Bonchev–Trinajstić information content (AvgIpc) is 3.13. The maximum Gasteiger partial charge on any atom is 0.285 e. The molecule has 11 heteroatoms. The maximum absolute atomic E-state index is 12.6. The van der Waals surface area contributed by atoms with E-state index in [9.17, 15) is 18.0 Å². The molecule has 0 aliphatic rings. The number of carbonyl (C=O) groups is 2. The first kappa shape index (κ1) is 22.2. The van der Waals surface area contributed by atoms with Crippen LogP contribution in [0.3, 0.4) is 0 Å². The number of nitrogens with one attached hydrogen (secondary N) is 2. The fourth-order valence-electron chi connectivity index (χ4n) is 2.58. The van der Waals surface area contributed by atoms with Crippen LogP contribution in [-0.2, 0) is 26.2 Å². The molecule has 0 spiro atoms. The number of rotatable bonds is 8. The third-order valence-corrected chi connectivity index (χ3v) is 6.32. The maximum atomic E-state index is 12.6. The summed E-state index contributed by atoms with van der Waals surface area (Å²) in [6, 6.07) is 13.3.